The molecule has 3 aliphatic heterocycles. The molecule has 0 radical (unpaired) electrons. The van der Waals surface area contributed by atoms with Crippen LogP contribution in [-0.4, -0.2) is 71.6 Å². The summed E-state index contributed by atoms with van der Waals surface area (Å²) in [6.45, 7) is 3.93. The van der Waals surface area contributed by atoms with E-state index in [0.717, 1.165) is 31.6 Å². The monoisotopic (exact) mass is 320 g/mol. The Labute approximate surface area is 136 Å². The highest BCUT2D eigenvalue weighted by atomic mass is 16.5. The molecule has 0 N–H and O–H groups in total. The largest absolute Gasteiger partial charge is 0.361 e. The summed E-state index contributed by atoms with van der Waals surface area (Å²) in [5, 5.41) is 3.83. The second-order valence-corrected chi connectivity index (χ2v) is 6.84. The molecule has 1 aromatic rings. The minimum atomic E-state index is 0.0297. The second-order valence-electron chi connectivity index (χ2n) is 6.84. The molecule has 2 atom stereocenters. The van der Waals surface area contributed by atoms with Crippen molar-refractivity contribution in [1.82, 2.24) is 19.9 Å². The zero-order valence-electron chi connectivity index (χ0n) is 14.0. The molecule has 0 aromatic carbocycles. The molecule has 3 fully saturated rings. The van der Waals surface area contributed by atoms with Crippen LogP contribution in [0.1, 0.15) is 24.3 Å². The molecule has 1 aromatic heterocycles. The highest BCUT2D eigenvalue weighted by molar-refractivity contribution is 5.79. The van der Waals surface area contributed by atoms with Gasteiger partial charge in [-0.2, -0.15) is 0 Å². The van der Waals surface area contributed by atoms with Gasteiger partial charge in [0.2, 0.25) is 5.91 Å². The molecule has 126 valence electrons. The third-order valence-electron chi connectivity index (χ3n) is 4.69. The lowest BCUT2D eigenvalue weighted by molar-refractivity contribution is -0.134. The molecule has 3 aliphatic rings. The lowest BCUT2D eigenvalue weighted by Gasteiger charge is -2.36. The molecule has 7 heteroatoms. The average molecular weight is 320 g/mol. The van der Waals surface area contributed by atoms with Crippen LogP contribution < -0.4 is 0 Å². The van der Waals surface area contributed by atoms with E-state index in [1.54, 1.807) is 25.1 Å². The number of hydrogen-bond donors (Lipinski definition) is 0. The Morgan fingerprint density at radius 3 is 2.74 bits per heavy atom. The van der Waals surface area contributed by atoms with Crippen molar-refractivity contribution in [2.45, 2.75) is 32.2 Å². The lowest BCUT2D eigenvalue weighted by Crippen LogP contribution is -2.48. The van der Waals surface area contributed by atoms with Crippen molar-refractivity contribution in [2.75, 3.05) is 33.7 Å². The standard InChI is InChI=1S/C16H24N4O3/c1-11-6-14(23-17-11)7-15(21)20-9-12-4-5-13(20)10-19(8-12)16(22)18(2)3/h6,12-13H,4-5,7-10H2,1-3H3/t12-,13+/m1/s1. The van der Waals surface area contributed by atoms with Gasteiger partial charge in [-0.05, 0) is 25.7 Å². The predicted octanol–water partition coefficient (Wildman–Crippen LogP) is 1.13. The van der Waals surface area contributed by atoms with Crippen LogP contribution in [0.5, 0.6) is 0 Å². The molecule has 4 heterocycles. The maximum absolute atomic E-state index is 12.7. The first-order chi connectivity index (χ1) is 10.9. The van der Waals surface area contributed by atoms with Crippen molar-refractivity contribution >= 4 is 11.9 Å². The van der Waals surface area contributed by atoms with E-state index < -0.39 is 0 Å². The minimum absolute atomic E-state index is 0.0297. The zero-order valence-corrected chi connectivity index (χ0v) is 14.0. The molecule has 7 nitrogen and oxygen atoms in total. The Balaban J connectivity index is 1.70. The number of aryl methyl sites for hydroxylation is 1. The SMILES string of the molecule is Cc1cc(CC(=O)N2C[C@@H]3CC[C@H]2CN(C(=O)N(C)C)C3)on1. The van der Waals surface area contributed by atoms with Crippen LogP contribution in [0.3, 0.4) is 0 Å². The average Bonchev–Trinajstić information content (AvgIpc) is 2.74. The van der Waals surface area contributed by atoms with Crippen molar-refractivity contribution < 1.29 is 14.1 Å². The molecule has 0 unspecified atom stereocenters. The fourth-order valence-corrected chi connectivity index (χ4v) is 3.58. The van der Waals surface area contributed by atoms with E-state index in [9.17, 15) is 9.59 Å². The molecule has 3 amide bonds. The van der Waals surface area contributed by atoms with Crippen LogP contribution in [0.25, 0.3) is 0 Å². The van der Waals surface area contributed by atoms with E-state index in [1.807, 2.05) is 16.7 Å². The highest BCUT2D eigenvalue weighted by Gasteiger charge is 2.39. The van der Waals surface area contributed by atoms with Gasteiger partial charge in [0, 0.05) is 45.8 Å². The number of fused-ring (bicyclic) bond motifs is 4. The van der Waals surface area contributed by atoms with Crippen LogP contribution in [0.15, 0.2) is 10.6 Å². The summed E-state index contributed by atoms with van der Waals surface area (Å²) in [4.78, 5) is 30.3. The molecular formula is C16H24N4O3. The summed E-state index contributed by atoms with van der Waals surface area (Å²) < 4.78 is 5.16. The van der Waals surface area contributed by atoms with Crippen molar-refractivity contribution in [1.29, 1.82) is 0 Å². The Kier molecular flexibility index (Phi) is 4.28. The maximum Gasteiger partial charge on any atom is 0.319 e. The predicted molar refractivity (Wildman–Crippen MR) is 83.8 cm³/mol. The van der Waals surface area contributed by atoms with Crippen molar-refractivity contribution in [3.63, 3.8) is 0 Å². The van der Waals surface area contributed by atoms with Crippen LogP contribution >= 0.6 is 0 Å². The molecular weight excluding hydrogens is 296 g/mol. The van der Waals surface area contributed by atoms with Gasteiger partial charge in [0.15, 0.2) is 0 Å². The van der Waals surface area contributed by atoms with Crippen molar-refractivity contribution in [3.8, 4) is 0 Å². The van der Waals surface area contributed by atoms with Crippen LogP contribution in [0.2, 0.25) is 0 Å². The Hall–Kier alpha value is -2.05. The minimum Gasteiger partial charge on any atom is -0.361 e. The first kappa shape index (κ1) is 15.8. The third kappa shape index (κ3) is 3.33. The van der Waals surface area contributed by atoms with E-state index in [2.05, 4.69) is 5.16 Å². The van der Waals surface area contributed by atoms with Gasteiger partial charge in [0.25, 0.3) is 0 Å². The summed E-state index contributed by atoms with van der Waals surface area (Å²) in [6.07, 6.45) is 2.28. The van der Waals surface area contributed by atoms with Gasteiger partial charge in [-0.1, -0.05) is 5.16 Å². The van der Waals surface area contributed by atoms with E-state index in [-0.39, 0.29) is 24.4 Å². The number of carbonyl (C=O) groups is 2. The van der Waals surface area contributed by atoms with E-state index >= 15 is 0 Å². The van der Waals surface area contributed by atoms with Crippen LogP contribution in [0, 0.1) is 12.8 Å². The van der Waals surface area contributed by atoms with Gasteiger partial charge in [0.1, 0.15) is 5.76 Å². The third-order valence-corrected chi connectivity index (χ3v) is 4.69. The van der Waals surface area contributed by atoms with Gasteiger partial charge in [-0.3, -0.25) is 4.79 Å². The fourth-order valence-electron chi connectivity index (χ4n) is 3.58. The van der Waals surface area contributed by atoms with Gasteiger partial charge in [0.05, 0.1) is 12.1 Å². The fraction of sp³-hybridized carbons (Fsp3) is 0.688. The summed E-state index contributed by atoms with van der Waals surface area (Å²) in [7, 11) is 3.54. The number of carbonyl (C=O) groups excluding carboxylic acids is 2. The van der Waals surface area contributed by atoms with Crippen LogP contribution in [0.4, 0.5) is 4.79 Å². The smallest absolute Gasteiger partial charge is 0.319 e. The summed E-state index contributed by atoms with van der Waals surface area (Å²) >= 11 is 0. The number of urea groups is 1. The van der Waals surface area contributed by atoms with Crippen molar-refractivity contribution in [3.05, 3.63) is 17.5 Å². The Morgan fingerprint density at radius 1 is 1.30 bits per heavy atom. The molecule has 23 heavy (non-hydrogen) atoms. The molecule has 0 aliphatic carbocycles. The van der Waals surface area contributed by atoms with Gasteiger partial charge in [-0.15, -0.1) is 0 Å². The van der Waals surface area contributed by atoms with Crippen molar-refractivity contribution in [2.24, 2.45) is 5.92 Å². The number of aromatic nitrogens is 1. The van der Waals surface area contributed by atoms with Crippen LogP contribution in [-0.2, 0) is 11.2 Å². The maximum atomic E-state index is 12.7. The van der Waals surface area contributed by atoms with Gasteiger partial charge < -0.3 is 19.2 Å². The Bertz CT molecular complexity index is 598. The second kappa shape index (κ2) is 6.22. The number of rotatable bonds is 2. The molecule has 3 saturated heterocycles. The van der Waals surface area contributed by atoms with Gasteiger partial charge in [-0.25, -0.2) is 4.79 Å². The number of piperidine rings is 1. The molecule has 0 spiro atoms. The number of amides is 3. The highest BCUT2D eigenvalue weighted by Crippen LogP contribution is 2.29. The Morgan fingerprint density at radius 2 is 2.09 bits per heavy atom. The quantitative estimate of drug-likeness (QED) is 0.819. The number of nitrogens with zero attached hydrogens (tertiary/aromatic N) is 4. The lowest BCUT2D eigenvalue weighted by atomic mass is 9.94. The van der Waals surface area contributed by atoms with Gasteiger partial charge >= 0.3 is 6.03 Å². The van der Waals surface area contributed by atoms with E-state index in [1.165, 1.54) is 0 Å². The molecule has 0 saturated carbocycles. The molecule has 2 bridgehead atoms. The zero-order chi connectivity index (χ0) is 16.6. The normalized spacial score (nSPS) is 23.8. The summed E-state index contributed by atoms with van der Waals surface area (Å²) in [5.74, 6) is 1.03. The topological polar surface area (TPSA) is 69.9 Å². The van der Waals surface area contributed by atoms with E-state index in [0.29, 0.717) is 18.2 Å². The summed E-state index contributed by atoms with van der Waals surface area (Å²) in [6, 6.07) is 1.94. The first-order valence-corrected chi connectivity index (χ1v) is 8.12. The van der Waals surface area contributed by atoms with E-state index in [4.69, 9.17) is 4.52 Å². The summed E-state index contributed by atoms with van der Waals surface area (Å²) in [5.41, 5.74) is 0.785. The number of hydrogen-bond acceptors (Lipinski definition) is 4. The molecule has 4 rings (SSSR count). The first-order valence-electron chi connectivity index (χ1n) is 8.12.